The molecule has 0 aliphatic heterocycles. The van der Waals surface area contributed by atoms with Crippen molar-refractivity contribution in [1.29, 1.82) is 0 Å². The van der Waals surface area contributed by atoms with Crippen LogP contribution in [0, 0.1) is 0 Å². The van der Waals surface area contributed by atoms with Crippen molar-refractivity contribution in [1.82, 2.24) is 0 Å². The van der Waals surface area contributed by atoms with Crippen LogP contribution in [0.2, 0.25) is 0 Å². The van der Waals surface area contributed by atoms with Gasteiger partial charge < -0.3 is 0 Å². The van der Waals surface area contributed by atoms with Gasteiger partial charge in [-0.2, -0.15) is 65.9 Å². The first-order chi connectivity index (χ1) is 10.6. The average Bonchev–Trinajstić information content (AvgIpc) is 2.18. The van der Waals surface area contributed by atoms with E-state index in [0.29, 0.717) is 0 Å². The van der Waals surface area contributed by atoms with Crippen LogP contribution in [0.15, 0.2) is 22.8 Å². The van der Waals surface area contributed by atoms with Crippen LogP contribution in [0.5, 0.6) is 0 Å². The topological polar surface area (TPSA) is 0 Å². The molecule has 0 aliphatic rings. The third-order valence-corrected chi connectivity index (χ3v) is 2.19. The second-order valence-corrected chi connectivity index (χ2v) is 4.24. The van der Waals surface area contributed by atoms with Gasteiger partial charge in [-0.1, -0.05) is 0 Å². The summed E-state index contributed by atoms with van der Waals surface area (Å²) in [5, 5.41) is 0. The first-order valence-corrected chi connectivity index (χ1v) is 5.37. The lowest BCUT2D eigenvalue weighted by atomic mass is 9.95. The Hall–Kier alpha value is -1.57. The molecule has 25 heavy (non-hydrogen) atoms. The number of halogens is 15. The minimum atomic E-state index is -6.82. The van der Waals surface area contributed by atoms with Crippen molar-refractivity contribution < 1.29 is 65.9 Å². The summed E-state index contributed by atoms with van der Waals surface area (Å²) in [7, 11) is 0. The minimum Gasteiger partial charge on any atom is -0.171 e. The molecule has 0 aromatic rings. The smallest absolute Gasteiger partial charge is 0.171 e. The fourth-order valence-corrected chi connectivity index (χ4v) is 1.48. The van der Waals surface area contributed by atoms with Crippen LogP contribution < -0.4 is 0 Å². The van der Waals surface area contributed by atoms with Crippen LogP contribution in [0.4, 0.5) is 65.9 Å². The summed E-state index contributed by atoms with van der Waals surface area (Å²) in [4.78, 5) is 0. The van der Waals surface area contributed by atoms with Gasteiger partial charge in [0.1, 0.15) is 0 Å². The molecule has 15 heteroatoms. The molecular weight excluding hydrogens is 405 g/mol. The Bertz CT molecular complexity index is 527. The van der Waals surface area contributed by atoms with Gasteiger partial charge in [0, 0.05) is 6.08 Å². The standard InChI is InChI=1S/C10H3F15/c11-6(12,13)1-3(8(17,18)19)5(10(23,24)25)4(9(20,21)22)2-7(14,15)16/h1H,2H2. The van der Waals surface area contributed by atoms with E-state index in [0.717, 1.165) is 0 Å². The predicted octanol–water partition coefficient (Wildman–Crippen LogP) is 6.41. The fraction of sp³-hybridized carbons (Fsp3) is 0.600. The minimum absolute atomic E-state index is 2.18. The van der Waals surface area contributed by atoms with E-state index in [-0.39, 0.29) is 0 Å². The highest BCUT2D eigenvalue weighted by Crippen LogP contribution is 2.48. The summed E-state index contributed by atoms with van der Waals surface area (Å²) in [5.41, 5.74) is -11.9. The van der Waals surface area contributed by atoms with E-state index >= 15 is 0 Å². The lowest BCUT2D eigenvalue weighted by molar-refractivity contribution is -0.159. The molecule has 0 nitrogen and oxygen atoms in total. The normalized spacial score (nSPS) is 16.8. The van der Waals surface area contributed by atoms with Gasteiger partial charge in [0.2, 0.25) is 0 Å². The van der Waals surface area contributed by atoms with Gasteiger partial charge in [0.25, 0.3) is 0 Å². The monoisotopic (exact) mass is 408 g/mol. The van der Waals surface area contributed by atoms with Crippen molar-refractivity contribution in [2.45, 2.75) is 37.3 Å². The van der Waals surface area contributed by atoms with Gasteiger partial charge >= 0.3 is 30.9 Å². The van der Waals surface area contributed by atoms with E-state index in [2.05, 4.69) is 0 Å². The van der Waals surface area contributed by atoms with E-state index in [1.54, 1.807) is 0 Å². The molecular formula is C10H3F15. The van der Waals surface area contributed by atoms with Crippen molar-refractivity contribution in [3.63, 3.8) is 0 Å². The number of rotatable bonds is 2. The third kappa shape index (κ3) is 7.90. The van der Waals surface area contributed by atoms with Crippen molar-refractivity contribution in [3.8, 4) is 0 Å². The van der Waals surface area contributed by atoms with E-state index in [1.807, 2.05) is 0 Å². The molecule has 148 valence electrons. The van der Waals surface area contributed by atoms with Crippen LogP contribution in [0.25, 0.3) is 0 Å². The summed E-state index contributed by atoms with van der Waals surface area (Å²) in [6.45, 7) is 0. The zero-order chi connectivity index (χ0) is 20.6. The summed E-state index contributed by atoms with van der Waals surface area (Å²) in [5.74, 6) is 0. The van der Waals surface area contributed by atoms with Gasteiger partial charge in [0.05, 0.1) is 23.1 Å². The maximum atomic E-state index is 12.6. The molecule has 0 N–H and O–H groups in total. The first-order valence-electron chi connectivity index (χ1n) is 5.37. The molecule has 0 aromatic heterocycles. The van der Waals surface area contributed by atoms with Gasteiger partial charge in [-0.05, 0) is 0 Å². The number of hydrogen-bond acceptors (Lipinski definition) is 0. The lowest BCUT2D eigenvalue weighted by Crippen LogP contribution is -2.32. The summed E-state index contributed by atoms with van der Waals surface area (Å²) in [6, 6.07) is 0. The predicted molar refractivity (Wildman–Crippen MR) is 50.0 cm³/mol. The first kappa shape index (κ1) is 23.4. The molecule has 0 fully saturated rings. The van der Waals surface area contributed by atoms with Gasteiger partial charge in [0.15, 0.2) is 0 Å². The van der Waals surface area contributed by atoms with Crippen molar-refractivity contribution in [3.05, 3.63) is 22.8 Å². The summed E-state index contributed by atoms with van der Waals surface area (Å²) in [6.07, 6.45) is -38.2. The lowest BCUT2D eigenvalue weighted by Gasteiger charge is -2.24. The molecule has 0 saturated carbocycles. The molecule has 0 heterocycles. The highest BCUT2D eigenvalue weighted by atomic mass is 19.4. The van der Waals surface area contributed by atoms with Crippen LogP contribution in [0.3, 0.4) is 0 Å². The molecule has 0 amide bonds. The van der Waals surface area contributed by atoms with Crippen LogP contribution >= 0.6 is 0 Å². The van der Waals surface area contributed by atoms with Crippen LogP contribution in [-0.4, -0.2) is 30.9 Å². The van der Waals surface area contributed by atoms with Gasteiger partial charge in [-0.25, -0.2) is 0 Å². The molecule has 0 radical (unpaired) electrons. The average molecular weight is 408 g/mol. The SMILES string of the molecule is FC(F)(F)C=C(C(=C(CC(F)(F)F)C(F)(F)F)C(F)(F)F)C(F)(F)F. The molecule has 0 saturated heterocycles. The highest BCUT2D eigenvalue weighted by molar-refractivity contribution is 5.44. The van der Waals surface area contributed by atoms with E-state index in [1.165, 1.54) is 0 Å². The van der Waals surface area contributed by atoms with Crippen molar-refractivity contribution in [2.75, 3.05) is 0 Å². The molecule has 0 bridgehead atoms. The Balaban J connectivity index is 7.09. The van der Waals surface area contributed by atoms with E-state index in [9.17, 15) is 65.9 Å². The fourth-order valence-electron chi connectivity index (χ4n) is 1.48. The Labute approximate surface area is 127 Å². The second kappa shape index (κ2) is 6.63. The number of hydrogen-bond donors (Lipinski definition) is 0. The highest BCUT2D eigenvalue weighted by Gasteiger charge is 2.55. The largest absolute Gasteiger partial charge is 0.417 e. The molecule has 0 rings (SSSR count). The molecule has 0 spiro atoms. The van der Waals surface area contributed by atoms with E-state index < -0.39 is 60.1 Å². The van der Waals surface area contributed by atoms with Crippen LogP contribution in [-0.2, 0) is 0 Å². The van der Waals surface area contributed by atoms with Crippen molar-refractivity contribution in [2.24, 2.45) is 0 Å². The summed E-state index contributed by atoms with van der Waals surface area (Å²) < 4.78 is 185. The van der Waals surface area contributed by atoms with Crippen molar-refractivity contribution >= 4 is 0 Å². The Kier molecular flexibility index (Phi) is 6.21. The molecule has 0 aliphatic carbocycles. The summed E-state index contributed by atoms with van der Waals surface area (Å²) >= 11 is 0. The van der Waals surface area contributed by atoms with Gasteiger partial charge in [-0.3, -0.25) is 0 Å². The zero-order valence-corrected chi connectivity index (χ0v) is 11.0. The van der Waals surface area contributed by atoms with Gasteiger partial charge in [-0.15, -0.1) is 0 Å². The number of allylic oxidation sites excluding steroid dienone is 4. The quantitative estimate of drug-likeness (QED) is 0.366. The second-order valence-electron chi connectivity index (χ2n) is 4.24. The maximum absolute atomic E-state index is 12.6. The maximum Gasteiger partial charge on any atom is 0.417 e. The Morgan fingerprint density at radius 2 is 0.960 bits per heavy atom. The Morgan fingerprint density at radius 1 is 0.560 bits per heavy atom. The third-order valence-electron chi connectivity index (χ3n) is 2.19. The molecule has 0 aromatic carbocycles. The molecule has 0 atom stereocenters. The number of alkyl halides is 15. The van der Waals surface area contributed by atoms with Crippen LogP contribution in [0.1, 0.15) is 6.42 Å². The van der Waals surface area contributed by atoms with E-state index in [4.69, 9.17) is 0 Å². The molecule has 0 unspecified atom stereocenters. The Morgan fingerprint density at radius 3 is 1.16 bits per heavy atom. The zero-order valence-electron chi connectivity index (χ0n) is 11.0.